The van der Waals surface area contributed by atoms with E-state index in [1.807, 2.05) is 25.7 Å². The molecule has 1 aliphatic carbocycles. The van der Waals surface area contributed by atoms with Crippen LogP contribution in [0.4, 0.5) is 4.79 Å². The SMILES string of the molecule is CC(=O)c1c(Br)sc2c1CC1CN(C(=O)OC(C)(C)C)CC21. The molecule has 0 spiro atoms. The molecular weight excluding hydrogens is 366 g/mol. The van der Waals surface area contributed by atoms with Gasteiger partial charge in [-0.15, -0.1) is 11.3 Å². The number of carbonyl (C=O) groups excluding carboxylic acids is 2. The zero-order valence-corrected chi connectivity index (χ0v) is 15.6. The minimum Gasteiger partial charge on any atom is -0.444 e. The van der Waals surface area contributed by atoms with Crippen molar-refractivity contribution in [3.8, 4) is 0 Å². The van der Waals surface area contributed by atoms with Crippen molar-refractivity contribution in [1.29, 1.82) is 0 Å². The summed E-state index contributed by atoms with van der Waals surface area (Å²) in [6.45, 7) is 8.68. The zero-order valence-electron chi connectivity index (χ0n) is 13.2. The summed E-state index contributed by atoms with van der Waals surface area (Å²) in [6.07, 6.45) is 0.655. The first-order chi connectivity index (χ1) is 10.2. The molecule has 4 nitrogen and oxygen atoms in total. The monoisotopic (exact) mass is 385 g/mol. The molecule has 1 amide bonds. The lowest BCUT2D eigenvalue weighted by atomic mass is 10.0. The summed E-state index contributed by atoms with van der Waals surface area (Å²) in [5, 5.41) is 0. The summed E-state index contributed by atoms with van der Waals surface area (Å²) in [5.41, 5.74) is 1.58. The standard InChI is InChI=1S/C16H20BrNO3S/c1-8(19)12-10-5-9-6-18(15(20)21-16(2,3)4)7-11(9)13(10)22-14(12)17/h9,11H,5-7H2,1-4H3. The molecule has 1 fully saturated rings. The molecule has 0 radical (unpaired) electrons. The van der Waals surface area contributed by atoms with Gasteiger partial charge < -0.3 is 9.64 Å². The first kappa shape index (κ1) is 16.0. The van der Waals surface area contributed by atoms with Gasteiger partial charge in [-0.25, -0.2) is 4.79 Å². The van der Waals surface area contributed by atoms with Crippen molar-refractivity contribution in [2.24, 2.45) is 5.92 Å². The molecule has 1 saturated heterocycles. The summed E-state index contributed by atoms with van der Waals surface area (Å²) in [6, 6.07) is 0. The van der Waals surface area contributed by atoms with Crippen LogP contribution < -0.4 is 0 Å². The summed E-state index contributed by atoms with van der Waals surface area (Å²) in [5.74, 6) is 0.880. The third kappa shape index (κ3) is 2.71. The molecule has 1 aromatic rings. The Labute approximate surface area is 143 Å². The largest absolute Gasteiger partial charge is 0.444 e. The summed E-state index contributed by atoms with van der Waals surface area (Å²) >= 11 is 5.17. The van der Waals surface area contributed by atoms with Gasteiger partial charge in [-0.05, 0) is 61.5 Å². The van der Waals surface area contributed by atoms with E-state index < -0.39 is 5.60 Å². The number of nitrogens with zero attached hydrogens (tertiary/aromatic N) is 1. The molecule has 0 N–H and O–H groups in total. The number of thiophene rings is 1. The molecule has 6 heteroatoms. The second-order valence-electron chi connectivity index (χ2n) is 7.11. The number of hydrogen-bond acceptors (Lipinski definition) is 4. The molecule has 3 rings (SSSR count). The maximum absolute atomic E-state index is 12.2. The van der Waals surface area contributed by atoms with Crippen LogP contribution >= 0.6 is 27.3 Å². The van der Waals surface area contributed by atoms with Crippen molar-refractivity contribution in [3.63, 3.8) is 0 Å². The fourth-order valence-electron chi connectivity index (χ4n) is 3.42. The number of ether oxygens (including phenoxy) is 1. The third-order valence-electron chi connectivity index (χ3n) is 4.24. The highest BCUT2D eigenvalue weighted by Crippen LogP contribution is 2.50. The zero-order chi connectivity index (χ0) is 16.2. The number of halogens is 1. The van der Waals surface area contributed by atoms with Gasteiger partial charge in [-0.2, -0.15) is 0 Å². The van der Waals surface area contributed by atoms with Crippen LogP contribution in [0.15, 0.2) is 3.79 Å². The summed E-state index contributed by atoms with van der Waals surface area (Å²) < 4.78 is 6.40. The Kier molecular flexibility index (Phi) is 3.88. The lowest BCUT2D eigenvalue weighted by Gasteiger charge is -2.24. The van der Waals surface area contributed by atoms with E-state index in [1.54, 1.807) is 18.3 Å². The van der Waals surface area contributed by atoms with Crippen molar-refractivity contribution >= 4 is 39.1 Å². The van der Waals surface area contributed by atoms with Gasteiger partial charge in [-0.3, -0.25) is 4.79 Å². The Morgan fingerprint density at radius 3 is 2.59 bits per heavy atom. The van der Waals surface area contributed by atoms with Crippen molar-refractivity contribution in [2.75, 3.05) is 13.1 Å². The van der Waals surface area contributed by atoms with E-state index in [1.165, 1.54) is 10.4 Å². The van der Waals surface area contributed by atoms with Crippen LogP contribution in [0.1, 0.15) is 54.4 Å². The number of hydrogen-bond donors (Lipinski definition) is 0. The molecule has 0 aromatic carbocycles. The average Bonchev–Trinajstić information content (AvgIpc) is 2.95. The van der Waals surface area contributed by atoms with Gasteiger partial charge in [0.25, 0.3) is 0 Å². The van der Waals surface area contributed by atoms with Gasteiger partial charge in [0, 0.05) is 29.4 Å². The topological polar surface area (TPSA) is 46.6 Å². The molecule has 1 aliphatic heterocycles. The number of fused-ring (bicyclic) bond motifs is 3. The molecule has 22 heavy (non-hydrogen) atoms. The normalized spacial score (nSPS) is 23.4. The molecule has 0 saturated carbocycles. The van der Waals surface area contributed by atoms with Gasteiger partial charge in [0.2, 0.25) is 0 Å². The van der Waals surface area contributed by atoms with Gasteiger partial charge >= 0.3 is 6.09 Å². The Morgan fingerprint density at radius 2 is 2.00 bits per heavy atom. The van der Waals surface area contributed by atoms with Gasteiger partial charge in [0.05, 0.1) is 3.79 Å². The van der Waals surface area contributed by atoms with Crippen LogP contribution in [0.3, 0.4) is 0 Å². The predicted molar refractivity (Wildman–Crippen MR) is 89.8 cm³/mol. The van der Waals surface area contributed by atoms with E-state index in [-0.39, 0.29) is 11.9 Å². The highest BCUT2D eigenvalue weighted by Gasteiger charge is 2.45. The van der Waals surface area contributed by atoms with Gasteiger partial charge in [-0.1, -0.05) is 0 Å². The van der Waals surface area contributed by atoms with E-state index >= 15 is 0 Å². The van der Waals surface area contributed by atoms with E-state index in [0.717, 1.165) is 22.3 Å². The number of Topliss-reactive ketones (excluding diaryl/α,β-unsaturated/α-hetero) is 1. The highest BCUT2D eigenvalue weighted by molar-refractivity contribution is 9.11. The summed E-state index contributed by atoms with van der Waals surface area (Å²) in [7, 11) is 0. The fraction of sp³-hybridized carbons (Fsp3) is 0.625. The van der Waals surface area contributed by atoms with E-state index in [2.05, 4.69) is 15.9 Å². The second kappa shape index (κ2) is 5.34. The van der Waals surface area contributed by atoms with Crippen molar-refractivity contribution in [2.45, 2.75) is 45.6 Å². The van der Waals surface area contributed by atoms with E-state index in [0.29, 0.717) is 18.4 Å². The molecule has 2 atom stereocenters. The van der Waals surface area contributed by atoms with Crippen LogP contribution in [0.2, 0.25) is 0 Å². The molecule has 120 valence electrons. The van der Waals surface area contributed by atoms with Gasteiger partial charge in [0.1, 0.15) is 5.60 Å². The van der Waals surface area contributed by atoms with Crippen LogP contribution in [0.25, 0.3) is 0 Å². The molecule has 2 unspecified atom stereocenters. The second-order valence-corrected chi connectivity index (χ2v) is 9.48. The highest BCUT2D eigenvalue weighted by atomic mass is 79.9. The smallest absolute Gasteiger partial charge is 0.410 e. The molecular formula is C16H20BrNO3S. The first-order valence-corrected chi connectivity index (χ1v) is 9.08. The Hall–Kier alpha value is -0.880. The fourth-order valence-corrected chi connectivity index (χ4v) is 5.75. The number of amides is 1. The van der Waals surface area contributed by atoms with Gasteiger partial charge in [0.15, 0.2) is 5.78 Å². The van der Waals surface area contributed by atoms with E-state index in [4.69, 9.17) is 4.74 Å². The van der Waals surface area contributed by atoms with Crippen LogP contribution in [-0.4, -0.2) is 35.5 Å². The molecule has 2 aliphatic rings. The van der Waals surface area contributed by atoms with Crippen LogP contribution in [0, 0.1) is 5.92 Å². The van der Waals surface area contributed by atoms with Crippen molar-refractivity contribution in [1.82, 2.24) is 4.90 Å². The Bertz CT molecular complexity index is 647. The van der Waals surface area contributed by atoms with E-state index in [9.17, 15) is 9.59 Å². The summed E-state index contributed by atoms with van der Waals surface area (Å²) in [4.78, 5) is 27.1. The molecule has 0 bridgehead atoms. The number of rotatable bonds is 1. The lowest BCUT2D eigenvalue weighted by molar-refractivity contribution is 0.0285. The maximum atomic E-state index is 12.2. The third-order valence-corrected chi connectivity index (χ3v) is 6.28. The number of likely N-dealkylation sites (tertiary alicyclic amines) is 1. The number of carbonyl (C=O) groups is 2. The Balaban J connectivity index is 1.79. The minimum absolute atomic E-state index is 0.119. The molecule has 2 heterocycles. The predicted octanol–water partition coefficient (Wildman–Crippen LogP) is 4.22. The first-order valence-electron chi connectivity index (χ1n) is 7.47. The van der Waals surface area contributed by atoms with Crippen LogP contribution in [-0.2, 0) is 11.2 Å². The quantitative estimate of drug-likeness (QED) is 0.679. The Morgan fingerprint density at radius 1 is 1.32 bits per heavy atom. The minimum atomic E-state index is -0.465. The molecule has 1 aromatic heterocycles. The number of ketones is 1. The van der Waals surface area contributed by atoms with Crippen LogP contribution in [0.5, 0.6) is 0 Å². The van der Waals surface area contributed by atoms with Crippen molar-refractivity contribution in [3.05, 3.63) is 19.8 Å². The lowest BCUT2D eigenvalue weighted by Crippen LogP contribution is -2.35. The van der Waals surface area contributed by atoms with Crippen molar-refractivity contribution < 1.29 is 14.3 Å². The maximum Gasteiger partial charge on any atom is 0.410 e. The average molecular weight is 386 g/mol.